The van der Waals surface area contributed by atoms with Crippen molar-refractivity contribution in [2.24, 2.45) is 0 Å². The minimum atomic E-state index is 0.500. The van der Waals surface area contributed by atoms with Crippen molar-refractivity contribution < 1.29 is 0 Å². The van der Waals surface area contributed by atoms with Crippen LogP contribution in [0.1, 0.15) is 12.0 Å². The number of benzene rings is 1. The van der Waals surface area contributed by atoms with Gasteiger partial charge in [0.25, 0.3) is 0 Å². The van der Waals surface area contributed by atoms with Gasteiger partial charge in [-0.2, -0.15) is 17.0 Å². The molecule has 1 N–H and O–H groups in total. The molecule has 1 saturated heterocycles. The Morgan fingerprint density at radius 2 is 2.20 bits per heavy atom. The van der Waals surface area contributed by atoms with Crippen LogP contribution in [-0.4, -0.2) is 17.5 Å². The molecular weight excluding hydrogens is 204 g/mol. The lowest BCUT2D eigenvalue weighted by atomic mass is 10.1. The SMILES string of the molecule is N#CCc1ccc(N[C@@H]2CCSC2)cc1. The molecule has 2 nitrogen and oxygen atoms in total. The monoisotopic (exact) mass is 218 g/mol. The van der Waals surface area contributed by atoms with Gasteiger partial charge < -0.3 is 5.32 Å². The highest BCUT2D eigenvalue weighted by molar-refractivity contribution is 7.99. The van der Waals surface area contributed by atoms with Crippen LogP contribution < -0.4 is 5.32 Å². The Kier molecular flexibility index (Phi) is 3.52. The van der Waals surface area contributed by atoms with Crippen LogP contribution in [0, 0.1) is 11.3 Å². The van der Waals surface area contributed by atoms with E-state index in [0.29, 0.717) is 12.5 Å². The fourth-order valence-corrected chi connectivity index (χ4v) is 2.85. The summed E-state index contributed by atoms with van der Waals surface area (Å²) < 4.78 is 0. The Balaban J connectivity index is 1.94. The highest BCUT2D eigenvalue weighted by atomic mass is 32.2. The summed E-state index contributed by atoms with van der Waals surface area (Å²) in [7, 11) is 0. The maximum absolute atomic E-state index is 8.55. The Morgan fingerprint density at radius 1 is 1.40 bits per heavy atom. The number of hydrogen-bond acceptors (Lipinski definition) is 3. The molecule has 1 aromatic rings. The molecule has 0 saturated carbocycles. The van der Waals surface area contributed by atoms with Gasteiger partial charge in [0.05, 0.1) is 12.5 Å². The zero-order chi connectivity index (χ0) is 10.5. The maximum Gasteiger partial charge on any atom is 0.0669 e. The number of rotatable bonds is 3. The van der Waals surface area contributed by atoms with Gasteiger partial charge in [-0.1, -0.05) is 12.1 Å². The van der Waals surface area contributed by atoms with E-state index in [2.05, 4.69) is 23.5 Å². The van der Waals surface area contributed by atoms with E-state index >= 15 is 0 Å². The molecule has 1 heterocycles. The van der Waals surface area contributed by atoms with Crippen molar-refractivity contribution >= 4 is 17.4 Å². The second kappa shape index (κ2) is 5.09. The third kappa shape index (κ3) is 2.90. The van der Waals surface area contributed by atoms with Gasteiger partial charge in [-0.05, 0) is 29.9 Å². The third-order valence-electron chi connectivity index (χ3n) is 2.54. The van der Waals surface area contributed by atoms with E-state index in [4.69, 9.17) is 5.26 Å². The molecule has 15 heavy (non-hydrogen) atoms. The number of hydrogen-bond donors (Lipinski definition) is 1. The van der Waals surface area contributed by atoms with E-state index < -0.39 is 0 Å². The lowest BCUT2D eigenvalue weighted by Gasteiger charge is -2.12. The summed E-state index contributed by atoms with van der Waals surface area (Å²) in [5.74, 6) is 2.48. The van der Waals surface area contributed by atoms with Crippen LogP contribution in [0.3, 0.4) is 0 Å². The van der Waals surface area contributed by atoms with E-state index in [9.17, 15) is 0 Å². The molecule has 0 aliphatic carbocycles. The second-order valence-corrected chi connectivity index (χ2v) is 4.89. The van der Waals surface area contributed by atoms with E-state index in [1.807, 2.05) is 23.9 Å². The molecule has 0 bridgehead atoms. The normalized spacial score (nSPS) is 19.8. The zero-order valence-corrected chi connectivity index (χ0v) is 9.39. The van der Waals surface area contributed by atoms with Crippen LogP contribution in [0.5, 0.6) is 0 Å². The summed E-state index contributed by atoms with van der Waals surface area (Å²) in [6.45, 7) is 0. The van der Waals surface area contributed by atoms with Crippen molar-refractivity contribution in [1.82, 2.24) is 0 Å². The van der Waals surface area contributed by atoms with E-state index in [-0.39, 0.29) is 0 Å². The van der Waals surface area contributed by atoms with Crippen LogP contribution in [0.25, 0.3) is 0 Å². The fraction of sp³-hybridized carbons (Fsp3) is 0.417. The predicted molar refractivity (Wildman–Crippen MR) is 65.1 cm³/mol. The molecular formula is C12H14N2S. The molecule has 1 atom stereocenters. The van der Waals surface area contributed by atoms with Gasteiger partial charge in [0.2, 0.25) is 0 Å². The summed E-state index contributed by atoms with van der Waals surface area (Å²) in [4.78, 5) is 0. The predicted octanol–water partition coefficient (Wildman–Crippen LogP) is 2.67. The summed E-state index contributed by atoms with van der Waals surface area (Å²) in [6, 6.07) is 10.9. The minimum absolute atomic E-state index is 0.500. The summed E-state index contributed by atoms with van der Waals surface area (Å²) in [6.07, 6.45) is 1.75. The quantitative estimate of drug-likeness (QED) is 0.847. The van der Waals surface area contributed by atoms with Crippen molar-refractivity contribution in [2.75, 3.05) is 16.8 Å². The molecule has 0 radical (unpaired) electrons. The first-order valence-electron chi connectivity index (χ1n) is 5.18. The zero-order valence-electron chi connectivity index (χ0n) is 8.57. The number of thioether (sulfide) groups is 1. The standard InChI is InChI=1S/C12H14N2S/c13-7-5-10-1-3-11(4-2-10)14-12-6-8-15-9-12/h1-4,12,14H,5-6,8-9H2/t12-/m1/s1. The molecule has 0 aromatic heterocycles. The van der Waals surface area contributed by atoms with Gasteiger partial charge in [-0.3, -0.25) is 0 Å². The topological polar surface area (TPSA) is 35.8 Å². The fourth-order valence-electron chi connectivity index (χ4n) is 1.69. The molecule has 1 aliphatic rings. The Bertz CT molecular complexity index is 347. The molecule has 78 valence electrons. The van der Waals surface area contributed by atoms with Crippen molar-refractivity contribution in [1.29, 1.82) is 5.26 Å². The molecule has 1 fully saturated rings. The van der Waals surface area contributed by atoms with Crippen LogP contribution in [0.2, 0.25) is 0 Å². The van der Waals surface area contributed by atoms with Crippen molar-refractivity contribution in [3.8, 4) is 6.07 Å². The van der Waals surface area contributed by atoms with Crippen molar-refractivity contribution in [3.63, 3.8) is 0 Å². The Labute approximate surface area is 94.7 Å². The van der Waals surface area contributed by atoms with Crippen LogP contribution >= 0.6 is 11.8 Å². The lowest BCUT2D eigenvalue weighted by Crippen LogP contribution is -2.17. The van der Waals surface area contributed by atoms with Crippen molar-refractivity contribution in [2.45, 2.75) is 18.9 Å². The van der Waals surface area contributed by atoms with Gasteiger partial charge in [-0.25, -0.2) is 0 Å². The number of nitrogens with zero attached hydrogens (tertiary/aromatic N) is 1. The van der Waals surface area contributed by atoms with Gasteiger partial charge in [0.1, 0.15) is 0 Å². The highest BCUT2D eigenvalue weighted by Crippen LogP contribution is 2.21. The number of nitriles is 1. The second-order valence-electron chi connectivity index (χ2n) is 3.74. The van der Waals surface area contributed by atoms with Crippen LogP contribution in [-0.2, 0) is 6.42 Å². The first-order valence-corrected chi connectivity index (χ1v) is 6.34. The van der Waals surface area contributed by atoms with E-state index in [1.54, 1.807) is 0 Å². The van der Waals surface area contributed by atoms with Crippen LogP contribution in [0.4, 0.5) is 5.69 Å². The number of nitrogens with one attached hydrogen (secondary N) is 1. The third-order valence-corrected chi connectivity index (χ3v) is 3.70. The van der Waals surface area contributed by atoms with Gasteiger partial charge in [0.15, 0.2) is 0 Å². The average molecular weight is 218 g/mol. The molecule has 0 unspecified atom stereocenters. The first-order chi connectivity index (χ1) is 7.38. The van der Waals surface area contributed by atoms with Gasteiger partial charge in [-0.15, -0.1) is 0 Å². The maximum atomic E-state index is 8.55. The van der Waals surface area contributed by atoms with Crippen molar-refractivity contribution in [3.05, 3.63) is 29.8 Å². The lowest BCUT2D eigenvalue weighted by molar-refractivity contribution is 0.813. The Morgan fingerprint density at radius 3 is 2.80 bits per heavy atom. The molecule has 2 rings (SSSR count). The smallest absolute Gasteiger partial charge is 0.0669 e. The first kappa shape index (κ1) is 10.4. The molecule has 0 amide bonds. The largest absolute Gasteiger partial charge is 0.381 e. The Hall–Kier alpha value is -1.14. The van der Waals surface area contributed by atoms with Gasteiger partial charge >= 0.3 is 0 Å². The highest BCUT2D eigenvalue weighted by Gasteiger charge is 2.14. The number of anilines is 1. The molecule has 1 aliphatic heterocycles. The summed E-state index contributed by atoms with van der Waals surface area (Å²) in [5.41, 5.74) is 2.26. The molecule has 0 spiro atoms. The molecule has 1 aromatic carbocycles. The summed E-state index contributed by atoms with van der Waals surface area (Å²) in [5, 5.41) is 12.1. The van der Waals surface area contributed by atoms with E-state index in [0.717, 1.165) is 5.56 Å². The van der Waals surface area contributed by atoms with Crippen LogP contribution in [0.15, 0.2) is 24.3 Å². The van der Waals surface area contributed by atoms with E-state index in [1.165, 1.54) is 23.6 Å². The minimum Gasteiger partial charge on any atom is -0.381 e. The average Bonchev–Trinajstić information content (AvgIpc) is 2.74. The van der Waals surface area contributed by atoms with Gasteiger partial charge in [0, 0.05) is 17.5 Å². The summed E-state index contributed by atoms with van der Waals surface area (Å²) >= 11 is 2.01. The molecule has 3 heteroatoms.